The third-order valence-electron chi connectivity index (χ3n) is 7.59. The molecule has 216 valence electrons. The van der Waals surface area contributed by atoms with E-state index in [-0.39, 0.29) is 23.7 Å². The molecule has 1 aliphatic carbocycles. The van der Waals surface area contributed by atoms with E-state index >= 15 is 0 Å². The smallest absolute Gasteiger partial charge is 0.239 e. The van der Waals surface area contributed by atoms with Crippen LogP contribution in [-0.2, 0) is 16.0 Å². The van der Waals surface area contributed by atoms with Gasteiger partial charge in [-0.15, -0.1) is 0 Å². The highest BCUT2D eigenvalue weighted by Gasteiger charge is 2.42. The maximum Gasteiger partial charge on any atom is 0.239 e. The van der Waals surface area contributed by atoms with Gasteiger partial charge in [-0.05, 0) is 41.7 Å². The van der Waals surface area contributed by atoms with Crippen molar-refractivity contribution in [2.24, 2.45) is 5.41 Å². The van der Waals surface area contributed by atoms with Crippen LogP contribution in [0.4, 0.5) is 11.4 Å². The minimum absolute atomic E-state index is 0.0243. The molecule has 1 amide bonds. The van der Waals surface area contributed by atoms with Crippen LogP contribution in [0.5, 0.6) is 17.2 Å². The average molecular weight is 560 g/mol. The predicted octanol–water partition coefficient (Wildman–Crippen LogP) is 4.41. The molecule has 3 N–H and O–H groups in total. The van der Waals surface area contributed by atoms with Gasteiger partial charge in [-0.2, -0.15) is 0 Å². The van der Waals surface area contributed by atoms with Crippen molar-refractivity contribution >= 4 is 23.1 Å². The largest absolute Gasteiger partial charge is 0.493 e. The second kappa shape index (κ2) is 11.6. The van der Waals surface area contributed by atoms with E-state index in [2.05, 4.69) is 34.4 Å². The molecule has 0 saturated heterocycles. The molecular weight excluding hydrogens is 522 g/mol. The second-order valence-corrected chi connectivity index (χ2v) is 11.1. The lowest BCUT2D eigenvalue weighted by molar-refractivity contribution is -0.120. The molecule has 2 aliphatic rings. The van der Waals surface area contributed by atoms with Crippen molar-refractivity contribution in [2.75, 3.05) is 44.6 Å². The van der Waals surface area contributed by atoms with Crippen molar-refractivity contribution in [1.29, 1.82) is 0 Å². The molecular formula is C31H37N5O5. The number of Topliss-reactive ketones (excluding diaryl/α,β-unsaturated/α-hetero) is 1. The Hall–Kier alpha value is -4.47. The van der Waals surface area contributed by atoms with Crippen LogP contribution in [0.15, 0.2) is 60.2 Å². The number of aromatic amines is 1. The Morgan fingerprint density at radius 1 is 1.10 bits per heavy atom. The van der Waals surface area contributed by atoms with Gasteiger partial charge in [-0.3, -0.25) is 9.59 Å². The van der Waals surface area contributed by atoms with Crippen LogP contribution in [0, 0.1) is 5.41 Å². The molecule has 3 aromatic rings. The fourth-order valence-electron chi connectivity index (χ4n) is 5.80. The summed E-state index contributed by atoms with van der Waals surface area (Å²) in [5.41, 5.74) is 4.64. The number of H-pyrrole nitrogens is 1. The minimum atomic E-state index is -0.586. The van der Waals surface area contributed by atoms with Crippen LogP contribution in [-0.4, -0.2) is 56.1 Å². The van der Waals surface area contributed by atoms with E-state index in [4.69, 9.17) is 14.2 Å². The standard InChI is InChI=1S/C31H37N5O5/c1-31(2)14-22-28(24(37)15-31)29(19-12-25(39-3)30(41-5)26(13-19)40-4)36(23-9-7-6-8-21(23)35-22)17-27(38)33-11-10-20-16-32-18-34-20/h6-9,12-13,16,18,29,35H,10-11,14-15,17H2,1-5H3,(H,32,34)(H,33,38). The summed E-state index contributed by atoms with van der Waals surface area (Å²) >= 11 is 0. The van der Waals surface area contributed by atoms with Crippen LogP contribution in [0.25, 0.3) is 0 Å². The number of ether oxygens (including phenoxy) is 3. The van der Waals surface area contributed by atoms with Gasteiger partial charge in [0.05, 0.1) is 51.6 Å². The van der Waals surface area contributed by atoms with E-state index in [1.165, 1.54) is 0 Å². The van der Waals surface area contributed by atoms with Gasteiger partial charge in [-0.25, -0.2) is 4.98 Å². The first-order valence-electron chi connectivity index (χ1n) is 13.7. The maximum atomic E-state index is 14.0. The van der Waals surface area contributed by atoms with E-state index in [1.807, 2.05) is 41.3 Å². The number of anilines is 2. The number of amides is 1. The topological polar surface area (TPSA) is 118 Å². The monoisotopic (exact) mass is 559 g/mol. The quantitative estimate of drug-likeness (QED) is 0.353. The molecule has 10 nitrogen and oxygen atoms in total. The summed E-state index contributed by atoms with van der Waals surface area (Å²) in [4.78, 5) is 36.5. The number of rotatable bonds is 9. The number of benzene rings is 2. The number of nitrogens with zero attached hydrogens (tertiary/aromatic N) is 2. The van der Waals surface area contributed by atoms with Crippen molar-refractivity contribution < 1.29 is 23.8 Å². The molecule has 1 aliphatic heterocycles. The zero-order valence-electron chi connectivity index (χ0n) is 24.2. The molecule has 0 saturated carbocycles. The average Bonchev–Trinajstić information content (AvgIpc) is 3.42. The zero-order valence-corrected chi connectivity index (χ0v) is 24.2. The number of ketones is 1. The second-order valence-electron chi connectivity index (χ2n) is 11.1. The first-order chi connectivity index (χ1) is 19.7. The van der Waals surface area contributed by atoms with Gasteiger partial charge in [0.2, 0.25) is 11.7 Å². The van der Waals surface area contributed by atoms with Gasteiger partial charge in [0, 0.05) is 42.5 Å². The number of methoxy groups -OCH3 is 3. The lowest BCUT2D eigenvalue weighted by Gasteiger charge is -2.38. The summed E-state index contributed by atoms with van der Waals surface area (Å²) < 4.78 is 16.9. The SMILES string of the molecule is COc1cc(C2C3=C(CC(C)(C)CC3=O)Nc3ccccc3N2CC(=O)NCCc2cnc[nH]2)cc(OC)c1OC. The molecule has 2 heterocycles. The summed E-state index contributed by atoms with van der Waals surface area (Å²) in [5.74, 6) is 1.28. The van der Waals surface area contributed by atoms with Crippen LogP contribution in [0.3, 0.4) is 0 Å². The Kier molecular flexibility index (Phi) is 7.92. The highest BCUT2D eigenvalue weighted by molar-refractivity contribution is 6.02. The number of nitrogens with one attached hydrogen (secondary N) is 3. The normalized spacial score (nSPS) is 17.6. The molecule has 41 heavy (non-hydrogen) atoms. The van der Waals surface area contributed by atoms with Crippen LogP contribution < -0.4 is 29.7 Å². The highest BCUT2D eigenvalue weighted by Crippen LogP contribution is 2.50. The Labute approximate surface area is 240 Å². The lowest BCUT2D eigenvalue weighted by atomic mass is 9.73. The first kappa shape index (κ1) is 28.1. The number of para-hydroxylation sites is 2. The summed E-state index contributed by atoms with van der Waals surface area (Å²) in [5, 5.41) is 6.61. The van der Waals surface area contributed by atoms with Crippen molar-refractivity contribution in [3.8, 4) is 17.2 Å². The Morgan fingerprint density at radius 2 is 1.83 bits per heavy atom. The molecule has 2 aromatic carbocycles. The number of hydrogen-bond donors (Lipinski definition) is 3. The molecule has 0 bridgehead atoms. The Balaban J connectivity index is 1.63. The minimum Gasteiger partial charge on any atom is -0.493 e. The summed E-state index contributed by atoms with van der Waals surface area (Å²) in [6.45, 7) is 4.68. The van der Waals surface area contributed by atoms with Gasteiger partial charge >= 0.3 is 0 Å². The first-order valence-corrected chi connectivity index (χ1v) is 13.7. The van der Waals surface area contributed by atoms with Gasteiger partial charge in [0.25, 0.3) is 0 Å². The number of allylic oxidation sites excluding steroid dienone is 1. The maximum absolute atomic E-state index is 14.0. The number of aromatic nitrogens is 2. The Bertz CT molecular complexity index is 1440. The van der Waals surface area contributed by atoms with Crippen molar-refractivity contribution in [3.05, 3.63) is 71.4 Å². The lowest BCUT2D eigenvalue weighted by Crippen LogP contribution is -2.42. The molecule has 0 spiro atoms. The number of hydrogen-bond acceptors (Lipinski definition) is 8. The van der Waals surface area contributed by atoms with E-state index in [9.17, 15) is 9.59 Å². The molecule has 0 radical (unpaired) electrons. The molecule has 1 aromatic heterocycles. The number of carbonyl (C=O) groups is 2. The van der Waals surface area contributed by atoms with E-state index < -0.39 is 6.04 Å². The van der Waals surface area contributed by atoms with Crippen molar-refractivity contribution in [2.45, 2.75) is 39.2 Å². The Morgan fingerprint density at radius 3 is 2.49 bits per heavy atom. The van der Waals surface area contributed by atoms with Gasteiger partial charge in [0.15, 0.2) is 17.3 Å². The van der Waals surface area contributed by atoms with E-state index in [1.54, 1.807) is 33.9 Å². The van der Waals surface area contributed by atoms with E-state index in [0.717, 1.165) is 28.3 Å². The van der Waals surface area contributed by atoms with Crippen LogP contribution in [0.2, 0.25) is 0 Å². The van der Waals surface area contributed by atoms with Gasteiger partial charge in [0.1, 0.15) is 0 Å². The molecule has 0 fully saturated rings. The third-order valence-corrected chi connectivity index (χ3v) is 7.59. The summed E-state index contributed by atoms with van der Waals surface area (Å²) in [6, 6.07) is 11.0. The van der Waals surface area contributed by atoms with Crippen molar-refractivity contribution in [1.82, 2.24) is 15.3 Å². The zero-order chi connectivity index (χ0) is 29.1. The molecule has 5 rings (SSSR count). The summed E-state index contributed by atoms with van der Waals surface area (Å²) in [7, 11) is 4.68. The number of carbonyl (C=O) groups excluding carboxylic acids is 2. The van der Waals surface area contributed by atoms with Crippen LogP contribution >= 0.6 is 0 Å². The molecule has 1 unspecified atom stereocenters. The number of imidazole rings is 1. The predicted molar refractivity (Wildman–Crippen MR) is 157 cm³/mol. The summed E-state index contributed by atoms with van der Waals surface area (Å²) in [6.07, 6.45) is 5.08. The highest BCUT2D eigenvalue weighted by atomic mass is 16.5. The third kappa shape index (κ3) is 5.73. The fraction of sp³-hybridized carbons (Fsp3) is 0.387. The molecule has 1 atom stereocenters. The van der Waals surface area contributed by atoms with Gasteiger partial charge in [-0.1, -0.05) is 26.0 Å². The molecule has 10 heteroatoms. The van der Waals surface area contributed by atoms with E-state index in [0.29, 0.717) is 48.6 Å². The van der Waals surface area contributed by atoms with Gasteiger partial charge < -0.3 is 34.7 Å². The fourth-order valence-corrected chi connectivity index (χ4v) is 5.80. The van der Waals surface area contributed by atoms with Crippen LogP contribution in [0.1, 0.15) is 44.0 Å². The number of fused-ring (bicyclic) bond motifs is 1. The van der Waals surface area contributed by atoms with Crippen molar-refractivity contribution in [3.63, 3.8) is 0 Å².